The van der Waals surface area contributed by atoms with Gasteiger partial charge in [0.15, 0.2) is 0 Å². The number of hydrogen-bond acceptors (Lipinski definition) is 4. The van der Waals surface area contributed by atoms with Crippen LogP contribution in [-0.4, -0.2) is 24.0 Å². The summed E-state index contributed by atoms with van der Waals surface area (Å²) in [7, 11) is 0. The van der Waals surface area contributed by atoms with E-state index in [4.69, 9.17) is 10.9 Å². The van der Waals surface area contributed by atoms with Crippen LogP contribution in [0.1, 0.15) is 0 Å². The summed E-state index contributed by atoms with van der Waals surface area (Å²) >= 11 is 0. The summed E-state index contributed by atoms with van der Waals surface area (Å²) in [5, 5.41) is 8.15. The molecule has 7 heavy (non-hydrogen) atoms. The molecule has 0 aliphatic rings. The van der Waals surface area contributed by atoms with Crippen molar-refractivity contribution in [2.24, 2.45) is 5.84 Å². The Morgan fingerprint density at radius 1 is 2.00 bits per heavy atom. The Kier molecular flexibility index (Phi) is 3.49. The highest BCUT2D eigenvalue weighted by Gasteiger charge is 1.97. The topological polar surface area (TPSA) is 75.3 Å². The molecule has 0 saturated heterocycles. The highest BCUT2D eigenvalue weighted by Crippen LogP contribution is 1.65. The number of carbonyl (C=O) groups excluding carboxylic acids is 1. The third-order valence-corrected chi connectivity index (χ3v) is 0.575. The minimum absolute atomic E-state index is 0.250. The van der Waals surface area contributed by atoms with E-state index in [0.29, 0.717) is 6.29 Å². The maximum atomic E-state index is 9.66. The predicted molar refractivity (Wildman–Crippen MR) is 24.3 cm³/mol. The summed E-state index contributed by atoms with van der Waals surface area (Å²) in [4.78, 5) is 9.66. The van der Waals surface area contributed by atoms with Crippen LogP contribution in [0.2, 0.25) is 0 Å². The van der Waals surface area contributed by atoms with Crippen molar-refractivity contribution in [2.75, 3.05) is 6.61 Å². The summed E-state index contributed by atoms with van der Waals surface area (Å²) in [5.41, 5.74) is 2.08. The van der Waals surface area contributed by atoms with E-state index in [1.807, 2.05) is 0 Å². The molecule has 0 saturated carbocycles. The Hall–Kier alpha value is -0.450. The van der Waals surface area contributed by atoms with Crippen LogP contribution in [0.25, 0.3) is 0 Å². The molecule has 0 fully saturated rings. The summed E-state index contributed by atoms with van der Waals surface area (Å²) in [6, 6.07) is -0.611. The van der Waals surface area contributed by atoms with Gasteiger partial charge in [-0.05, 0) is 0 Å². The van der Waals surface area contributed by atoms with E-state index in [2.05, 4.69) is 5.43 Å². The van der Waals surface area contributed by atoms with E-state index in [1.54, 1.807) is 0 Å². The van der Waals surface area contributed by atoms with Crippen molar-refractivity contribution < 1.29 is 9.90 Å². The molecular formula is C3H8N2O2. The molecule has 0 bridgehead atoms. The standard InChI is InChI=1S/C3H8N2O2/c4-5-3(1-6)2-7/h1,3,5,7H,2,4H2/t3-/m1/s1. The van der Waals surface area contributed by atoms with Crippen molar-refractivity contribution in [3.63, 3.8) is 0 Å². The van der Waals surface area contributed by atoms with Crippen LogP contribution in [0.4, 0.5) is 0 Å². The predicted octanol–water partition coefficient (Wildman–Crippen LogP) is -1.99. The van der Waals surface area contributed by atoms with Crippen LogP contribution in [0, 0.1) is 0 Å². The van der Waals surface area contributed by atoms with Crippen LogP contribution in [0.3, 0.4) is 0 Å². The smallest absolute Gasteiger partial charge is 0.140 e. The lowest BCUT2D eigenvalue weighted by molar-refractivity contribution is -0.110. The zero-order chi connectivity index (χ0) is 5.70. The maximum absolute atomic E-state index is 9.66. The van der Waals surface area contributed by atoms with Gasteiger partial charge in [-0.2, -0.15) is 0 Å². The zero-order valence-corrected chi connectivity index (χ0v) is 3.79. The van der Waals surface area contributed by atoms with Crippen LogP contribution in [-0.2, 0) is 4.79 Å². The molecule has 4 heteroatoms. The molecule has 0 radical (unpaired) electrons. The lowest BCUT2D eigenvalue weighted by Crippen LogP contribution is -2.38. The van der Waals surface area contributed by atoms with Gasteiger partial charge in [0.25, 0.3) is 0 Å². The van der Waals surface area contributed by atoms with Gasteiger partial charge in [0, 0.05) is 0 Å². The van der Waals surface area contributed by atoms with Crippen molar-refractivity contribution in [1.29, 1.82) is 0 Å². The van der Waals surface area contributed by atoms with Gasteiger partial charge < -0.3 is 9.90 Å². The number of nitrogens with two attached hydrogens (primary N) is 1. The molecule has 0 aliphatic carbocycles. The van der Waals surface area contributed by atoms with Crippen molar-refractivity contribution in [3.05, 3.63) is 0 Å². The minimum atomic E-state index is -0.611. The number of aldehydes is 1. The fourth-order valence-corrected chi connectivity index (χ4v) is 0.135. The van der Waals surface area contributed by atoms with Gasteiger partial charge >= 0.3 is 0 Å². The molecule has 0 aliphatic heterocycles. The van der Waals surface area contributed by atoms with Crippen LogP contribution >= 0.6 is 0 Å². The molecule has 0 heterocycles. The normalized spacial score (nSPS) is 13.4. The molecule has 42 valence electrons. The first-order chi connectivity index (χ1) is 3.35. The van der Waals surface area contributed by atoms with E-state index in [9.17, 15) is 4.79 Å². The molecule has 0 unspecified atom stereocenters. The summed E-state index contributed by atoms with van der Waals surface area (Å²) < 4.78 is 0. The third kappa shape index (κ3) is 2.27. The van der Waals surface area contributed by atoms with Gasteiger partial charge in [-0.15, -0.1) is 0 Å². The number of nitrogens with one attached hydrogen (secondary N) is 1. The second-order valence-electron chi connectivity index (χ2n) is 1.09. The molecule has 1 atom stereocenters. The molecule has 4 N–H and O–H groups in total. The molecule has 0 aromatic heterocycles. The Morgan fingerprint density at radius 2 is 2.57 bits per heavy atom. The number of rotatable bonds is 3. The molecule has 0 amide bonds. The van der Waals surface area contributed by atoms with E-state index in [0.717, 1.165) is 0 Å². The van der Waals surface area contributed by atoms with Crippen LogP contribution < -0.4 is 11.3 Å². The highest BCUT2D eigenvalue weighted by molar-refractivity contribution is 5.57. The third-order valence-electron chi connectivity index (χ3n) is 0.575. The molecule has 4 nitrogen and oxygen atoms in total. The maximum Gasteiger partial charge on any atom is 0.140 e. The lowest BCUT2D eigenvalue weighted by atomic mass is 10.4. The first kappa shape index (κ1) is 6.55. The number of carbonyl (C=O) groups is 1. The first-order valence-corrected chi connectivity index (χ1v) is 1.87. The molecule has 0 aromatic rings. The van der Waals surface area contributed by atoms with Gasteiger partial charge in [-0.3, -0.25) is 5.84 Å². The van der Waals surface area contributed by atoms with Gasteiger partial charge in [0.05, 0.1) is 12.6 Å². The quantitative estimate of drug-likeness (QED) is 0.220. The summed E-state index contributed by atoms with van der Waals surface area (Å²) in [6.45, 7) is -0.250. The van der Waals surface area contributed by atoms with Gasteiger partial charge in [-0.25, -0.2) is 5.43 Å². The van der Waals surface area contributed by atoms with Gasteiger partial charge in [-0.1, -0.05) is 0 Å². The number of hydrazine groups is 1. The average molecular weight is 104 g/mol. The van der Waals surface area contributed by atoms with E-state index < -0.39 is 6.04 Å². The molecular weight excluding hydrogens is 96.0 g/mol. The summed E-state index contributed by atoms with van der Waals surface area (Å²) in [6.07, 6.45) is 0.542. The van der Waals surface area contributed by atoms with Crippen LogP contribution in [0.15, 0.2) is 0 Å². The Balaban J connectivity index is 3.16. The second kappa shape index (κ2) is 3.73. The fraction of sp³-hybridized carbons (Fsp3) is 0.667. The van der Waals surface area contributed by atoms with Gasteiger partial charge in [0.1, 0.15) is 6.29 Å². The average Bonchev–Trinajstić information content (AvgIpc) is 1.72. The first-order valence-electron chi connectivity index (χ1n) is 1.87. The second-order valence-corrected chi connectivity index (χ2v) is 1.09. The van der Waals surface area contributed by atoms with Crippen molar-refractivity contribution >= 4 is 6.29 Å². The zero-order valence-electron chi connectivity index (χ0n) is 3.79. The fourth-order valence-electron chi connectivity index (χ4n) is 0.135. The van der Waals surface area contributed by atoms with E-state index in [1.165, 1.54) is 0 Å². The van der Waals surface area contributed by atoms with E-state index >= 15 is 0 Å². The molecule has 0 spiro atoms. The Bertz CT molecular complexity index is 52.9. The molecule has 0 aromatic carbocycles. The SMILES string of the molecule is NN[C@H](C=O)CO. The molecule has 0 rings (SSSR count). The Labute approximate surface area is 41.3 Å². The van der Waals surface area contributed by atoms with Crippen LogP contribution in [0.5, 0.6) is 0 Å². The number of aliphatic hydroxyl groups is 1. The van der Waals surface area contributed by atoms with Crippen molar-refractivity contribution in [3.8, 4) is 0 Å². The van der Waals surface area contributed by atoms with Crippen molar-refractivity contribution in [2.45, 2.75) is 6.04 Å². The number of hydrogen-bond donors (Lipinski definition) is 3. The van der Waals surface area contributed by atoms with Crippen molar-refractivity contribution in [1.82, 2.24) is 5.43 Å². The monoisotopic (exact) mass is 104 g/mol. The Morgan fingerprint density at radius 3 is 2.57 bits per heavy atom. The minimum Gasteiger partial charge on any atom is -0.394 e. The number of aliphatic hydroxyl groups excluding tert-OH is 1. The largest absolute Gasteiger partial charge is 0.394 e. The lowest BCUT2D eigenvalue weighted by Gasteiger charge is -1.99. The van der Waals surface area contributed by atoms with Gasteiger partial charge in [0.2, 0.25) is 0 Å². The highest BCUT2D eigenvalue weighted by atomic mass is 16.3. The summed E-state index contributed by atoms with van der Waals surface area (Å²) in [5.74, 6) is 4.75. The van der Waals surface area contributed by atoms with E-state index in [-0.39, 0.29) is 6.61 Å².